The molecule has 0 spiro atoms. The minimum atomic E-state index is -0.0842. The lowest BCUT2D eigenvalue weighted by atomic mass is 10.1. The van der Waals surface area contributed by atoms with Gasteiger partial charge in [-0.05, 0) is 38.0 Å². The molecule has 1 aromatic carbocycles. The lowest BCUT2D eigenvalue weighted by Gasteiger charge is -2.31. The molecule has 1 N–H and O–H groups in total. The van der Waals surface area contributed by atoms with E-state index in [4.69, 9.17) is 9.26 Å². The van der Waals surface area contributed by atoms with Crippen LogP contribution >= 0.6 is 15.9 Å². The highest BCUT2D eigenvalue weighted by Crippen LogP contribution is 2.19. The quantitative estimate of drug-likeness (QED) is 0.859. The maximum atomic E-state index is 12.3. The Bertz CT molecular complexity index is 698. The Morgan fingerprint density at radius 1 is 1.46 bits per heavy atom. The second-order valence-electron chi connectivity index (χ2n) is 5.67. The molecule has 0 unspecified atom stereocenters. The second kappa shape index (κ2) is 7.76. The van der Waals surface area contributed by atoms with Crippen molar-refractivity contribution in [2.45, 2.75) is 32.5 Å². The summed E-state index contributed by atoms with van der Waals surface area (Å²) in [5.74, 6) is 1.09. The van der Waals surface area contributed by atoms with Gasteiger partial charge in [0.05, 0.1) is 6.10 Å². The molecule has 24 heavy (non-hydrogen) atoms. The van der Waals surface area contributed by atoms with Gasteiger partial charge >= 0.3 is 6.03 Å². The molecule has 8 heteroatoms. The first kappa shape index (κ1) is 16.9. The van der Waals surface area contributed by atoms with Gasteiger partial charge in [0.2, 0.25) is 0 Å². The third-order valence-corrected chi connectivity index (χ3v) is 4.31. The fraction of sp³-hybridized carbons (Fsp3) is 0.438. The Morgan fingerprint density at radius 3 is 2.92 bits per heavy atom. The molecule has 0 atom stereocenters. The minimum Gasteiger partial charge on any atom is -0.368 e. The molecule has 2 heterocycles. The first-order valence-corrected chi connectivity index (χ1v) is 8.62. The maximum absolute atomic E-state index is 12.3. The van der Waals surface area contributed by atoms with Gasteiger partial charge in [0, 0.05) is 23.2 Å². The number of rotatable bonds is 4. The van der Waals surface area contributed by atoms with Crippen molar-refractivity contribution >= 4 is 27.6 Å². The smallest absolute Gasteiger partial charge is 0.321 e. The van der Waals surface area contributed by atoms with Gasteiger partial charge in [-0.15, -0.1) is 0 Å². The van der Waals surface area contributed by atoms with Crippen LogP contribution in [0.2, 0.25) is 0 Å². The monoisotopic (exact) mass is 394 g/mol. The van der Waals surface area contributed by atoms with Crippen LogP contribution in [-0.4, -0.2) is 40.3 Å². The van der Waals surface area contributed by atoms with E-state index in [9.17, 15) is 4.79 Å². The maximum Gasteiger partial charge on any atom is 0.321 e. The Hall–Kier alpha value is -1.93. The van der Waals surface area contributed by atoms with Gasteiger partial charge in [0.1, 0.15) is 6.61 Å². The fourth-order valence-corrected chi connectivity index (χ4v) is 2.98. The van der Waals surface area contributed by atoms with Crippen LogP contribution in [-0.2, 0) is 11.3 Å². The average Bonchev–Trinajstić information content (AvgIpc) is 2.99. The first-order chi connectivity index (χ1) is 11.6. The summed E-state index contributed by atoms with van der Waals surface area (Å²) < 4.78 is 11.7. The van der Waals surface area contributed by atoms with Crippen molar-refractivity contribution in [3.05, 3.63) is 40.5 Å². The molecule has 0 radical (unpaired) electrons. The Kier molecular flexibility index (Phi) is 5.47. The van der Waals surface area contributed by atoms with Crippen molar-refractivity contribution in [1.29, 1.82) is 0 Å². The van der Waals surface area contributed by atoms with Crippen LogP contribution in [0.4, 0.5) is 10.5 Å². The van der Waals surface area contributed by atoms with Crippen LogP contribution < -0.4 is 5.32 Å². The number of halogens is 1. The summed E-state index contributed by atoms with van der Waals surface area (Å²) in [5.41, 5.74) is 0.777. The van der Waals surface area contributed by atoms with E-state index in [-0.39, 0.29) is 12.1 Å². The lowest BCUT2D eigenvalue weighted by molar-refractivity contribution is -0.00532. The molecule has 2 aromatic rings. The molecule has 1 fully saturated rings. The topological polar surface area (TPSA) is 80.5 Å². The van der Waals surface area contributed by atoms with Gasteiger partial charge < -0.3 is 19.5 Å². The highest BCUT2D eigenvalue weighted by Gasteiger charge is 2.23. The van der Waals surface area contributed by atoms with Crippen LogP contribution in [0.15, 0.2) is 33.3 Å². The third kappa shape index (κ3) is 4.55. The number of piperidine rings is 1. The molecule has 1 aliphatic rings. The summed E-state index contributed by atoms with van der Waals surface area (Å²) in [4.78, 5) is 18.2. The molecule has 0 aliphatic carbocycles. The van der Waals surface area contributed by atoms with E-state index in [0.29, 0.717) is 31.4 Å². The van der Waals surface area contributed by atoms with Gasteiger partial charge in [0.25, 0.3) is 5.89 Å². The molecule has 7 nitrogen and oxygen atoms in total. The zero-order chi connectivity index (χ0) is 16.9. The number of hydrogen-bond acceptors (Lipinski definition) is 5. The summed E-state index contributed by atoms with van der Waals surface area (Å²) in [6, 6.07) is 7.46. The number of benzene rings is 1. The van der Waals surface area contributed by atoms with Crippen molar-refractivity contribution in [3.63, 3.8) is 0 Å². The average molecular weight is 395 g/mol. The van der Waals surface area contributed by atoms with Crippen LogP contribution in [0.1, 0.15) is 24.6 Å². The third-order valence-electron chi connectivity index (χ3n) is 3.82. The van der Waals surface area contributed by atoms with Crippen LogP contribution in [0.3, 0.4) is 0 Å². The molecular weight excluding hydrogens is 376 g/mol. The number of likely N-dealkylation sites (tertiary alicyclic amines) is 1. The van der Waals surface area contributed by atoms with E-state index in [2.05, 4.69) is 31.4 Å². The number of aromatic nitrogens is 2. The first-order valence-electron chi connectivity index (χ1n) is 7.82. The Morgan fingerprint density at radius 2 is 2.25 bits per heavy atom. The molecule has 1 aromatic heterocycles. The van der Waals surface area contributed by atoms with Gasteiger partial charge in [-0.25, -0.2) is 4.79 Å². The number of anilines is 1. The van der Waals surface area contributed by atoms with Crippen molar-refractivity contribution < 1.29 is 14.1 Å². The molecule has 0 bridgehead atoms. The molecule has 3 rings (SSSR count). The zero-order valence-electron chi connectivity index (χ0n) is 13.4. The molecule has 1 saturated heterocycles. The summed E-state index contributed by atoms with van der Waals surface area (Å²) in [7, 11) is 0. The minimum absolute atomic E-state index is 0.0842. The number of nitrogens with zero attached hydrogens (tertiary/aromatic N) is 3. The predicted octanol–water partition coefficient (Wildman–Crippen LogP) is 3.35. The summed E-state index contributed by atoms with van der Waals surface area (Å²) in [6.45, 7) is 3.41. The fourth-order valence-electron chi connectivity index (χ4n) is 2.58. The number of hydrogen-bond donors (Lipinski definition) is 1. The zero-order valence-corrected chi connectivity index (χ0v) is 15.0. The predicted molar refractivity (Wildman–Crippen MR) is 91.6 cm³/mol. The number of carbonyl (C=O) groups excluding carboxylic acids is 1. The molecular formula is C16H19BrN4O3. The lowest BCUT2D eigenvalue weighted by Crippen LogP contribution is -2.43. The number of amides is 2. The molecule has 128 valence electrons. The molecule has 2 amide bonds. The van der Waals surface area contributed by atoms with Crippen LogP contribution in [0, 0.1) is 6.92 Å². The summed E-state index contributed by atoms with van der Waals surface area (Å²) >= 11 is 3.40. The van der Waals surface area contributed by atoms with Gasteiger partial charge in [-0.2, -0.15) is 4.98 Å². The van der Waals surface area contributed by atoms with E-state index in [0.717, 1.165) is 23.0 Å². The van der Waals surface area contributed by atoms with Crippen LogP contribution in [0.5, 0.6) is 0 Å². The number of aryl methyl sites for hydroxylation is 1. The highest BCUT2D eigenvalue weighted by molar-refractivity contribution is 9.10. The number of urea groups is 1. The summed E-state index contributed by atoms with van der Waals surface area (Å²) in [6.07, 6.45) is 1.69. The van der Waals surface area contributed by atoms with Gasteiger partial charge in [-0.1, -0.05) is 27.2 Å². The van der Waals surface area contributed by atoms with Crippen molar-refractivity contribution in [2.24, 2.45) is 0 Å². The van der Waals surface area contributed by atoms with E-state index in [1.165, 1.54) is 0 Å². The van der Waals surface area contributed by atoms with Gasteiger partial charge in [-0.3, -0.25) is 0 Å². The highest BCUT2D eigenvalue weighted by atomic mass is 79.9. The largest absolute Gasteiger partial charge is 0.368 e. The van der Waals surface area contributed by atoms with Crippen molar-refractivity contribution in [3.8, 4) is 0 Å². The molecule has 0 saturated carbocycles. The Labute approximate surface area is 148 Å². The van der Waals surface area contributed by atoms with E-state index in [1.54, 1.807) is 11.8 Å². The van der Waals surface area contributed by atoms with Gasteiger partial charge in [0.15, 0.2) is 5.82 Å². The van der Waals surface area contributed by atoms with Crippen LogP contribution in [0.25, 0.3) is 0 Å². The SMILES string of the molecule is Cc1noc(COC2CCN(C(=O)Nc3cccc(Br)c3)CC2)n1. The van der Waals surface area contributed by atoms with E-state index < -0.39 is 0 Å². The Balaban J connectivity index is 1.43. The summed E-state index contributed by atoms with van der Waals surface area (Å²) in [5, 5.41) is 6.64. The number of ether oxygens (including phenoxy) is 1. The normalized spacial score (nSPS) is 15.5. The molecule has 1 aliphatic heterocycles. The van der Waals surface area contributed by atoms with E-state index in [1.807, 2.05) is 24.3 Å². The standard InChI is InChI=1S/C16H19BrN4O3/c1-11-18-15(24-20-11)10-23-14-5-7-21(8-6-14)16(22)19-13-4-2-3-12(17)9-13/h2-4,9,14H,5-8,10H2,1H3,(H,19,22). The van der Waals surface area contributed by atoms with Crippen molar-refractivity contribution in [1.82, 2.24) is 15.0 Å². The number of nitrogens with one attached hydrogen (secondary N) is 1. The van der Waals surface area contributed by atoms with Crippen molar-refractivity contribution in [2.75, 3.05) is 18.4 Å². The van der Waals surface area contributed by atoms with E-state index >= 15 is 0 Å². The second-order valence-corrected chi connectivity index (χ2v) is 6.59. The number of carbonyl (C=O) groups is 1.